The summed E-state index contributed by atoms with van der Waals surface area (Å²) in [4.78, 5) is 24.9. The first-order valence-electron chi connectivity index (χ1n) is 6.95. The zero-order valence-corrected chi connectivity index (χ0v) is 13.1. The van der Waals surface area contributed by atoms with Crippen LogP contribution < -0.4 is 5.32 Å². The second-order valence-electron chi connectivity index (χ2n) is 4.89. The van der Waals surface area contributed by atoms with Gasteiger partial charge in [0.1, 0.15) is 0 Å². The van der Waals surface area contributed by atoms with Gasteiger partial charge in [0.05, 0.1) is 16.3 Å². The molecule has 0 saturated carbocycles. The molecule has 2 heterocycles. The summed E-state index contributed by atoms with van der Waals surface area (Å²) >= 11 is 6.15. The highest BCUT2D eigenvalue weighted by molar-refractivity contribution is 6.34. The standard InChI is InChI=1S/C17H13ClN4O/c1-11-7-9-20-17(21-11)22-16(23)13-10-12(5-6-14(13)18)15-4-2-3-8-19-15/h2-10H,1H3,(H,20,21,22,23). The third-order valence-corrected chi connectivity index (χ3v) is 3.52. The number of benzene rings is 1. The average molecular weight is 325 g/mol. The third-order valence-electron chi connectivity index (χ3n) is 3.19. The second-order valence-corrected chi connectivity index (χ2v) is 5.29. The van der Waals surface area contributed by atoms with Gasteiger partial charge in [0.25, 0.3) is 5.91 Å². The molecule has 0 aliphatic carbocycles. The molecule has 2 aromatic heterocycles. The van der Waals surface area contributed by atoms with Gasteiger partial charge in [0, 0.05) is 23.7 Å². The quantitative estimate of drug-likeness (QED) is 0.796. The SMILES string of the molecule is Cc1ccnc(NC(=O)c2cc(-c3ccccn3)ccc2Cl)n1. The molecule has 0 spiro atoms. The zero-order chi connectivity index (χ0) is 16.2. The smallest absolute Gasteiger partial charge is 0.259 e. The number of aryl methyl sites for hydroxylation is 1. The van der Waals surface area contributed by atoms with Crippen LogP contribution in [0.3, 0.4) is 0 Å². The lowest BCUT2D eigenvalue weighted by atomic mass is 10.1. The molecule has 0 atom stereocenters. The Balaban J connectivity index is 1.91. The van der Waals surface area contributed by atoms with Crippen LogP contribution in [-0.2, 0) is 0 Å². The average Bonchev–Trinajstić information content (AvgIpc) is 2.56. The number of rotatable bonds is 3. The van der Waals surface area contributed by atoms with E-state index >= 15 is 0 Å². The minimum atomic E-state index is -0.363. The molecular weight excluding hydrogens is 312 g/mol. The van der Waals surface area contributed by atoms with Crippen LogP contribution in [0.15, 0.2) is 54.9 Å². The number of nitrogens with zero attached hydrogens (tertiary/aromatic N) is 3. The number of amides is 1. The number of carbonyl (C=O) groups excluding carboxylic acids is 1. The molecule has 0 saturated heterocycles. The molecule has 1 amide bonds. The van der Waals surface area contributed by atoms with E-state index in [4.69, 9.17) is 11.6 Å². The van der Waals surface area contributed by atoms with Gasteiger partial charge in [0.15, 0.2) is 0 Å². The van der Waals surface area contributed by atoms with Gasteiger partial charge in [-0.15, -0.1) is 0 Å². The predicted octanol–water partition coefficient (Wildman–Crippen LogP) is 3.75. The number of hydrogen-bond donors (Lipinski definition) is 1. The molecule has 5 nitrogen and oxygen atoms in total. The second kappa shape index (κ2) is 6.54. The Labute approximate surface area is 138 Å². The number of halogens is 1. The predicted molar refractivity (Wildman–Crippen MR) is 89.4 cm³/mol. The van der Waals surface area contributed by atoms with Crippen LogP contribution in [-0.4, -0.2) is 20.9 Å². The molecule has 1 aromatic carbocycles. The molecule has 3 aromatic rings. The summed E-state index contributed by atoms with van der Waals surface area (Å²) in [6.07, 6.45) is 3.29. The molecule has 0 unspecified atom stereocenters. The molecule has 0 bridgehead atoms. The topological polar surface area (TPSA) is 67.8 Å². The molecule has 6 heteroatoms. The van der Waals surface area contributed by atoms with E-state index in [1.165, 1.54) is 0 Å². The Morgan fingerprint density at radius 3 is 2.70 bits per heavy atom. The van der Waals surface area contributed by atoms with Gasteiger partial charge in [-0.3, -0.25) is 15.1 Å². The first-order chi connectivity index (χ1) is 11.1. The molecule has 23 heavy (non-hydrogen) atoms. The number of pyridine rings is 1. The van der Waals surface area contributed by atoms with Crippen LogP contribution in [0, 0.1) is 6.92 Å². The number of nitrogens with one attached hydrogen (secondary N) is 1. The number of carbonyl (C=O) groups is 1. The molecule has 0 fully saturated rings. The van der Waals surface area contributed by atoms with Crippen molar-refractivity contribution in [2.75, 3.05) is 5.32 Å². The summed E-state index contributed by atoms with van der Waals surface area (Å²) in [5.74, 6) is -0.118. The summed E-state index contributed by atoms with van der Waals surface area (Å²) in [5.41, 5.74) is 2.69. The van der Waals surface area contributed by atoms with Crippen molar-refractivity contribution >= 4 is 23.5 Å². The maximum absolute atomic E-state index is 12.4. The number of anilines is 1. The Morgan fingerprint density at radius 2 is 1.96 bits per heavy atom. The number of hydrogen-bond acceptors (Lipinski definition) is 4. The van der Waals surface area contributed by atoms with Gasteiger partial charge < -0.3 is 0 Å². The molecule has 0 aliphatic heterocycles. The fourth-order valence-corrected chi connectivity index (χ4v) is 2.27. The van der Waals surface area contributed by atoms with Gasteiger partial charge >= 0.3 is 0 Å². The van der Waals surface area contributed by atoms with Crippen molar-refractivity contribution in [1.29, 1.82) is 0 Å². The lowest BCUT2D eigenvalue weighted by Gasteiger charge is -2.08. The van der Waals surface area contributed by atoms with Crippen molar-refractivity contribution in [3.05, 3.63) is 71.1 Å². The molecular formula is C17H13ClN4O. The van der Waals surface area contributed by atoms with Crippen molar-refractivity contribution in [2.45, 2.75) is 6.92 Å². The lowest BCUT2D eigenvalue weighted by molar-refractivity contribution is 0.102. The van der Waals surface area contributed by atoms with Gasteiger partial charge in [0.2, 0.25) is 5.95 Å². The normalized spacial score (nSPS) is 10.3. The first-order valence-corrected chi connectivity index (χ1v) is 7.33. The maximum Gasteiger partial charge on any atom is 0.259 e. The summed E-state index contributed by atoms with van der Waals surface area (Å²) in [6, 6.07) is 12.6. The lowest BCUT2D eigenvalue weighted by Crippen LogP contribution is -2.15. The van der Waals surface area contributed by atoms with E-state index in [1.807, 2.05) is 31.2 Å². The van der Waals surface area contributed by atoms with Crippen LogP contribution >= 0.6 is 11.6 Å². The van der Waals surface area contributed by atoms with E-state index in [0.29, 0.717) is 10.6 Å². The van der Waals surface area contributed by atoms with Crippen LogP contribution in [0.1, 0.15) is 16.1 Å². The van der Waals surface area contributed by atoms with E-state index < -0.39 is 0 Å². The monoisotopic (exact) mass is 324 g/mol. The van der Waals surface area contributed by atoms with Crippen LogP contribution in [0.2, 0.25) is 5.02 Å². The summed E-state index contributed by atoms with van der Waals surface area (Å²) < 4.78 is 0. The highest BCUT2D eigenvalue weighted by atomic mass is 35.5. The minimum absolute atomic E-state index is 0.245. The Bertz CT molecular complexity index is 852. The van der Waals surface area contributed by atoms with E-state index in [0.717, 1.165) is 17.0 Å². The minimum Gasteiger partial charge on any atom is -0.290 e. The summed E-state index contributed by atoms with van der Waals surface area (Å²) in [6.45, 7) is 1.83. The van der Waals surface area contributed by atoms with E-state index in [2.05, 4.69) is 20.3 Å². The molecule has 0 radical (unpaired) electrons. The maximum atomic E-state index is 12.4. The van der Waals surface area contributed by atoms with Crippen molar-refractivity contribution < 1.29 is 4.79 Å². The Kier molecular flexibility index (Phi) is 4.30. The van der Waals surface area contributed by atoms with Gasteiger partial charge in [-0.1, -0.05) is 23.7 Å². The van der Waals surface area contributed by atoms with Crippen molar-refractivity contribution in [3.63, 3.8) is 0 Å². The highest BCUT2D eigenvalue weighted by Crippen LogP contribution is 2.24. The number of aromatic nitrogens is 3. The van der Waals surface area contributed by atoms with Crippen LogP contribution in [0.5, 0.6) is 0 Å². The zero-order valence-electron chi connectivity index (χ0n) is 12.3. The van der Waals surface area contributed by atoms with Gasteiger partial charge in [-0.2, -0.15) is 0 Å². The van der Waals surface area contributed by atoms with E-state index in [9.17, 15) is 4.79 Å². The fraction of sp³-hybridized carbons (Fsp3) is 0.0588. The van der Waals surface area contributed by atoms with E-state index in [-0.39, 0.29) is 11.9 Å². The Hall–Kier alpha value is -2.79. The summed E-state index contributed by atoms with van der Waals surface area (Å²) in [5, 5.41) is 3.01. The Morgan fingerprint density at radius 1 is 1.09 bits per heavy atom. The van der Waals surface area contributed by atoms with Crippen LogP contribution in [0.25, 0.3) is 11.3 Å². The third kappa shape index (κ3) is 3.52. The molecule has 0 aliphatic rings. The van der Waals surface area contributed by atoms with Crippen LogP contribution in [0.4, 0.5) is 5.95 Å². The summed E-state index contributed by atoms with van der Waals surface area (Å²) in [7, 11) is 0. The van der Waals surface area contributed by atoms with Crippen molar-refractivity contribution in [1.82, 2.24) is 15.0 Å². The molecule has 114 valence electrons. The van der Waals surface area contributed by atoms with Gasteiger partial charge in [-0.25, -0.2) is 9.97 Å². The molecule has 3 rings (SSSR count). The molecule has 1 N–H and O–H groups in total. The fourth-order valence-electron chi connectivity index (χ4n) is 2.07. The van der Waals surface area contributed by atoms with Crippen molar-refractivity contribution in [3.8, 4) is 11.3 Å². The van der Waals surface area contributed by atoms with Gasteiger partial charge in [-0.05, 0) is 37.3 Å². The first kappa shape index (κ1) is 15.1. The largest absolute Gasteiger partial charge is 0.290 e. The van der Waals surface area contributed by atoms with E-state index in [1.54, 1.807) is 30.6 Å². The highest BCUT2D eigenvalue weighted by Gasteiger charge is 2.13. The van der Waals surface area contributed by atoms with Crippen molar-refractivity contribution in [2.24, 2.45) is 0 Å².